The van der Waals surface area contributed by atoms with Crippen molar-refractivity contribution >= 4 is 29.3 Å². The van der Waals surface area contributed by atoms with E-state index in [1.54, 1.807) is 6.07 Å². The summed E-state index contributed by atoms with van der Waals surface area (Å²) in [5, 5.41) is 34.0. The summed E-state index contributed by atoms with van der Waals surface area (Å²) < 4.78 is 0. The number of hydrogen-bond donors (Lipinski definition) is 5. The maximum atomic E-state index is 12.2. The average Bonchev–Trinajstić information content (AvgIpc) is 2.66. The summed E-state index contributed by atoms with van der Waals surface area (Å²) in [7, 11) is 0. The summed E-state index contributed by atoms with van der Waals surface area (Å²) in [4.78, 5) is 24.3. The van der Waals surface area contributed by atoms with Crippen LogP contribution in [0.1, 0.15) is 32.3 Å². The van der Waals surface area contributed by atoms with E-state index in [-0.39, 0.29) is 34.8 Å². The van der Waals surface area contributed by atoms with Gasteiger partial charge in [0.05, 0.1) is 5.69 Å². The van der Waals surface area contributed by atoms with Crippen LogP contribution < -0.4 is 10.6 Å². The molecule has 0 heterocycles. The number of carbonyl (C=O) groups excluding carboxylic acids is 2. The molecule has 148 valence electrons. The summed E-state index contributed by atoms with van der Waals surface area (Å²) in [6.07, 6.45) is 4.13. The largest absolute Gasteiger partial charge is 0.506 e. The Bertz CT molecular complexity index is 888. The van der Waals surface area contributed by atoms with E-state index >= 15 is 0 Å². The fraction of sp³-hybridized carbons (Fsp3) is 0.238. The molecule has 0 spiro atoms. The normalized spacial score (nSPS) is 11.0. The molecule has 0 saturated heterocycles. The molecule has 5 N–H and O–H groups in total. The van der Waals surface area contributed by atoms with Crippen molar-refractivity contribution in [1.82, 2.24) is 0 Å². The SMILES string of the molecule is CCC(CC)C(=O)Nc1cc(NC(=O)/C=C/c2ccc(O)c(O)c2)ccc1O. The highest BCUT2D eigenvalue weighted by Crippen LogP contribution is 2.28. The molecular weight excluding hydrogens is 360 g/mol. The number of aromatic hydroxyl groups is 3. The lowest BCUT2D eigenvalue weighted by molar-refractivity contribution is -0.120. The van der Waals surface area contributed by atoms with Gasteiger partial charge in [-0.05, 0) is 54.8 Å². The molecule has 0 bridgehead atoms. The second-order valence-electron chi connectivity index (χ2n) is 6.31. The highest BCUT2D eigenvalue weighted by Gasteiger charge is 2.16. The van der Waals surface area contributed by atoms with Crippen molar-refractivity contribution in [2.45, 2.75) is 26.7 Å². The van der Waals surface area contributed by atoms with Crippen molar-refractivity contribution in [2.24, 2.45) is 5.92 Å². The zero-order chi connectivity index (χ0) is 20.7. The number of nitrogens with one attached hydrogen (secondary N) is 2. The van der Waals surface area contributed by atoms with E-state index in [0.29, 0.717) is 24.1 Å². The number of anilines is 2. The van der Waals surface area contributed by atoms with Crippen LogP contribution in [0.25, 0.3) is 6.08 Å². The van der Waals surface area contributed by atoms with Crippen LogP contribution >= 0.6 is 0 Å². The first kappa shape index (κ1) is 20.8. The van der Waals surface area contributed by atoms with Gasteiger partial charge in [0.25, 0.3) is 0 Å². The molecule has 28 heavy (non-hydrogen) atoms. The predicted molar refractivity (Wildman–Crippen MR) is 108 cm³/mol. The number of amides is 2. The van der Waals surface area contributed by atoms with Gasteiger partial charge >= 0.3 is 0 Å². The Labute approximate surface area is 163 Å². The molecule has 0 fully saturated rings. The summed E-state index contributed by atoms with van der Waals surface area (Å²) in [6.45, 7) is 3.84. The van der Waals surface area contributed by atoms with Crippen molar-refractivity contribution in [1.29, 1.82) is 0 Å². The zero-order valence-corrected chi connectivity index (χ0v) is 15.8. The smallest absolute Gasteiger partial charge is 0.248 e. The molecule has 0 aliphatic heterocycles. The van der Waals surface area contributed by atoms with E-state index in [1.807, 2.05) is 13.8 Å². The van der Waals surface area contributed by atoms with E-state index in [9.17, 15) is 24.9 Å². The Morgan fingerprint density at radius 3 is 2.25 bits per heavy atom. The second-order valence-corrected chi connectivity index (χ2v) is 6.31. The molecular formula is C21H24N2O5. The van der Waals surface area contributed by atoms with Crippen molar-refractivity contribution in [3.63, 3.8) is 0 Å². The summed E-state index contributed by atoms with van der Waals surface area (Å²) >= 11 is 0. The van der Waals surface area contributed by atoms with E-state index in [1.165, 1.54) is 42.5 Å². The lowest BCUT2D eigenvalue weighted by atomic mass is 10.0. The van der Waals surface area contributed by atoms with E-state index in [4.69, 9.17) is 0 Å². The Morgan fingerprint density at radius 2 is 1.61 bits per heavy atom. The van der Waals surface area contributed by atoms with Crippen molar-refractivity contribution in [3.8, 4) is 17.2 Å². The minimum absolute atomic E-state index is 0.0904. The van der Waals surface area contributed by atoms with Gasteiger partial charge in [0, 0.05) is 17.7 Å². The van der Waals surface area contributed by atoms with Crippen LogP contribution in [-0.4, -0.2) is 27.1 Å². The zero-order valence-electron chi connectivity index (χ0n) is 15.8. The van der Waals surface area contributed by atoms with Crippen LogP contribution in [0.2, 0.25) is 0 Å². The Balaban J connectivity index is 2.07. The quantitative estimate of drug-likeness (QED) is 0.282. The van der Waals surface area contributed by atoms with Crippen LogP contribution in [0.15, 0.2) is 42.5 Å². The number of phenolic OH excluding ortho intramolecular Hbond substituents is 3. The number of carbonyl (C=O) groups is 2. The molecule has 0 unspecified atom stereocenters. The highest BCUT2D eigenvalue weighted by molar-refractivity contribution is 6.03. The van der Waals surface area contributed by atoms with Gasteiger partial charge in [0.1, 0.15) is 5.75 Å². The van der Waals surface area contributed by atoms with Gasteiger partial charge in [-0.2, -0.15) is 0 Å². The maximum Gasteiger partial charge on any atom is 0.248 e. The van der Waals surface area contributed by atoms with Gasteiger partial charge in [0.2, 0.25) is 11.8 Å². The number of phenols is 3. The minimum atomic E-state index is -0.435. The van der Waals surface area contributed by atoms with Gasteiger partial charge in [-0.25, -0.2) is 0 Å². The molecule has 7 heteroatoms. The second kappa shape index (κ2) is 9.45. The van der Waals surface area contributed by atoms with Gasteiger partial charge in [-0.15, -0.1) is 0 Å². The van der Waals surface area contributed by atoms with E-state index in [0.717, 1.165) is 0 Å². The Kier molecular flexibility index (Phi) is 7.03. The summed E-state index contributed by atoms with van der Waals surface area (Å²) in [6, 6.07) is 8.58. The maximum absolute atomic E-state index is 12.2. The van der Waals surface area contributed by atoms with Crippen LogP contribution in [0, 0.1) is 5.92 Å². The highest BCUT2D eigenvalue weighted by atomic mass is 16.3. The molecule has 0 radical (unpaired) electrons. The van der Waals surface area contributed by atoms with Gasteiger partial charge in [-0.1, -0.05) is 19.9 Å². The molecule has 0 aliphatic rings. The van der Waals surface area contributed by atoms with Crippen molar-refractivity contribution in [3.05, 3.63) is 48.0 Å². The molecule has 2 rings (SSSR count). The lowest BCUT2D eigenvalue weighted by Gasteiger charge is -2.14. The van der Waals surface area contributed by atoms with Crippen molar-refractivity contribution in [2.75, 3.05) is 10.6 Å². The molecule has 0 aliphatic carbocycles. The van der Waals surface area contributed by atoms with Gasteiger partial charge in [0.15, 0.2) is 11.5 Å². The first-order chi connectivity index (χ1) is 13.3. The molecule has 7 nitrogen and oxygen atoms in total. The molecule has 0 saturated carbocycles. The topological polar surface area (TPSA) is 119 Å². The number of rotatable bonds is 7. The minimum Gasteiger partial charge on any atom is -0.506 e. The fourth-order valence-corrected chi connectivity index (χ4v) is 2.61. The summed E-state index contributed by atoms with van der Waals surface area (Å²) in [5.41, 5.74) is 1.16. The number of benzene rings is 2. The molecule has 2 amide bonds. The monoisotopic (exact) mass is 384 g/mol. The molecule has 0 atom stereocenters. The third-order valence-electron chi connectivity index (χ3n) is 4.30. The van der Waals surface area contributed by atoms with Crippen LogP contribution in [0.4, 0.5) is 11.4 Å². The predicted octanol–water partition coefficient (Wildman–Crippen LogP) is 3.83. The fourth-order valence-electron chi connectivity index (χ4n) is 2.61. The van der Waals surface area contributed by atoms with Crippen LogP contribution in [0.5, 0.6) is 17.2 Å². The standard InChI is InChI=1S/C21H24N2O5/c1-3-14(4-2)21(28)23-16-12-15(7-9-17(16)24)22-20(27)10-6-13-5-8-18(25)19(26)11-13/h5-12,14,24-26H,3-4H2,1-2H3,(H,22,27)(H,23,28)/b10-6+. The molecule has 2 aromatic rings. The van der Waals surface area contributed by atoms with Crippen LogP contribution in [0.3, 0.4) is 0 Å². The summed E-state index contributed by atoms with van der Waals surface area (Å²) in [5.74, 6) is -1.38. The lowest BCUT2D eigenvalue weighted by Crippen LogP contribution is -2.21. The Hall–Kier alpha value is -3.48. The molecule has 0 aromatic heterocycles. The third kappa shape index (κ3) is 5.51. The van der Waals surface area contributed by atoms with Gasteiger partial charge in [-0.3, -0.25) is 9.59 Å². The number of hydrogen-bond acceptors (Lipinski definition) is 5. The van der Waals surface area contributed by atoms with Crippen molar-refractivity contribution < 1.29 is 24.9 Å². The first-order valence-electron chi connectivity index (χ1n) is 8.99. The average molecular weight is 384 g/mol. The van der Waals surface area contributed by atoms with E-state index in [2.05, 4.69) is 10.6 Å². The first-order valence-corrected chi connectivity index (χ1v) is 8.99. The molecule has 2 aromatic carbocycles. The Morgan fingerprint density at radius 1 is 0.929 bits per heavy atom. The van der Waals surface area contributed by atoms with Crippen LogP contribution in [-0.2, 0) is 9.59 Å². The van der Waals surface area contributed by atoms with Gasteiger partial charge < -0.3 is 26.0 Å². The van der Waals surface area contributed by atoms with E-state index < -0.39 is 5.91 Å². The third-order valence-corrected chi connectivity index (χ3v) is 4.30.